The average molecular weight is 234 g/mol. The van der Waals surface area contributed by atoms with Crippen LogP contribution in [0.3, 0.4) is 0 Å². The van der Waals surface area contributed by atoms with Gasteiger partial charge in [-0.1, -0.05) is 12.1 Å². The summed E-state index contributed by atoms with van der Waals surface area (Å²) >= 11 is 0. The molecule has 5 nitrogen and oxygen atoms in total. The number of carboxylic acids is 1. The summed E-state index contributed by atoms with van der Waals surface area (Å²) in [5.74, 6) is -0.852. The van der Waals surface area contributed by atoms with E-state index < -0.39 is 5.97 Å². The van der Waals surface area contributed by atoms with Crippen molar-refractivity contribution in [1.82, 2.24) is 9.36 Å². The number of rotatable bonds is 3. The summed E-state index contributed by atoms with van der Waals surface area (Å²) < 4.78 is 3.29. The Morgan fingerprint density at radius 3 is 2.65 bits per heavy atom. The van der Waals surface area contributed by atoms with E-state index in [9.17, 15) is 9.59 Å². The smallest absolute Gasteiger partial charge is 0.303 e. The van der Waals surface area contributed by atoms with Crippen LogP contribution in [0.1, 0.15) is 12.0 Å². The lowest BCUT2D eigenvalue weighted by atomic mass is 10.1. The van der Waals surface area contributed by atoms with Crippen LogP contribution in [0.15, 0.2) is 23.0 Å². The third-order valence-corrected chi connectivity index (χ3v) is 3.04. The SMILES string of the molecule is Cn1c(=O)c2c(CCC(=O)O)cccc2n1C. The maximum absolute atomic E-state index is 12.0. The molecular weight excluding hydrogens is 220 g/mol. The zero-order chi connectivity index (χ0) is 12.6. The van der Waals surface area contributed by atoms with Gasteiger partial charge in [-0.05, 0) is 18.1 Å². The van der Waals surface area contributed by atoms with Crippen LogP contribution in [0.2, 0.25) is 0 Å². The molecule has 0 atom stereocenters. The van der Waals surface area contributed by atoms with Gasteiger partial charge in [-0.3, -0.25) is 19.0 Å². The molecule has 0 bridgehead atoms. The van der Waals surface area contributed by atoms with E-state index in [1.807, 2.05) is 25.2 Å². The van der Waals surface area contributed by atoms with Crippen LogP contribution in [-0.2, 0) is 25.3 Å². The topological polar surface area (TPSA) is 64.2 Å². The molecule has 5 heteroatoms. The van der Waals surface area contributed by atoms with Gasteiger partial charge in [0.2, 0.25) is 0 Å². The summed E-state index contributed by atoms with van der Waals surface area (Å²) in [5, 5.41) is 9.31. The summed E-state index contributed by atoms with van der Waals surface area (Å²) in [6.07, 6.45) is 0.420. The standard InChI is InChI=1S/C12H14N2O3/c1-13-9-5-3-4-8(6-7-10(15)16)11(9)12(17)14(13)2/h3-5H,6-7H2,1-2H3,(H,15,16). The number of fused-ring (bicyclic) bond motifs is 1. The van der Waals surface area contributed by atoms with E-state index in [-0.39, 0.29) is 12.0 Å². The first-order chi connectivity index (χ1) is 8.02. The monoisotopic (exact) mass is 234 g/mol. The highest BCUT2D eigenvalue weighted by atomic mass is 16.4. The quantitative estimate of drug-likeness (QED) is 0.858. The van der Waals surface area contributed by atoms with Gasteiger partial charge in [0.25, 0.3) is 5.56 Å². The lowest BCUT2D eigenvalue weighted by Gasteiger charge is -2.01. The minimum Gasteiger partial charge on any atom is -0.481 e. The zero-order valence-electron chi connectivity index (χ0n) is 9.80. The van der Waals surface area contributed by atoms with Crippen molar-refractivity contribution in [2.75, 3.05) is 0 Å². The van der Waals surface area contributed by atoms with Gasteiger partial charge in [-0.25, -0.2) is 0 Å². The number of aliphatic carboxylic acids is 1. The number of aromatic nitrogens is 2. The van der Waals surface area contributed by atoms with Crippen molar-refractivity contribution in [3.63, 3.8) is 0 Å². The Morgan fingerprint density at radius 1 is 1.29 bits per heavy atom. The first-order valence-corrected chi connectivity index (χ1v) is 5.37. The molecule has 0 spiro atoms. The number of hydrogen-bond acceptors (Lipinski definition) is 2. The molecule has 1 aromatic carbocycles. The fourth-order valence-electron chi connectivity index (χ4n) is 2.01. The maximum Gasteiger partial charge on any atom is 0.303 e. The van der Waals surface area contributed by atoms with Crippen LogP contribution >= 0.6 is 0 Å². The van der Waals surface area contributed by atoms with Gasteiger partial charge in [-0.15, -0.1) is 0 Å². The molecule has 1 heterocycles. The lowest BCUT2D eigenvalue weighted by molar-refractivity contribution is -0.136. The normalized spacial score (nSPS) is 10.9. The van der Waals surface area contributed by atoms with Gasteiger partial charge in [0.05, 0.1) is 10.9 Å². The number of aryl methyl sites for hydroxylation is 2. The number of carbonyl (C=O) groups is 1. The van der Waals surface area contributed by atoms with Gasteiger partial charge in [0, 0.05) is 20.5 Å². The minimum atomic E-state index is -0.852. The summed E-state index contributed by atoms with van der Waals surface area (Å²) in [6, 6.07) is 5.52. The van der Waals surface area contributed by atoms with Gasteiger partial charge in [0.15, 0.2) is 0 Å². The first-order valence-electron chi connectivity index (χ1n) is 5.37. The van der Waals surface area contributed by atoms with Crippen molar-refractivity contribution in [2.24, 2.45) is 14.1 Å². The fourth-order valence-corrected chi connectivity index (χ4v) is 2.01. The van der Waals surface area contributed by atoms with E-state index in [0.717, 1.165) is 11.1 Å². The lowest BCUT2D eigenvalue weighted by Crippen LogP contribution is -2.17. The van der Waals surface area contributed by atoms with Crippen molar-refractivity contribution in [2.45, 2.75) is 12.8 Å². The first kappa shape index (κ1) is 11.4. The Hall–Kier alpha value is -2.04. The maximum atomic E-state index is 12.0. The molecule has 0 amide bonds. The molecule has 0 aliphatic heterocycles. The van der Waals surface area contributed by atoms with Crippen LogP contribution in [0.5, 0.6) is 0 Å². The van der Waals surface area contributed by atoms with E-state index >= 15 is 0 Å². The van der Waals surface area contributed by atoms with Crippen molar-refractivity contribution >= 4 is 16.9 Å². The van der Waals surface area contributed by atoms with Gasteiger partial charge in [-0.2, -0.15) is 0 Å². The molecule has 0 unspecified atom stereocenters. The molecule has 17 heavy (non-hydrogen) atoms. The molecule has 0 radical (unpaired) electrons. The summed E-state index contributed by atoms with van der Waals surface area (Å²) in [7, 11) is 3.51. The minimum absolute atomic E-state index is 0.0389. The van der Waals surface area contributed by atoms with Crippen molar-refractivity contribution in [3.05, 3.63) is 34.1 Å². The Kier molecular flexibility index (Phi) is 2.75. The highest BCUT2D eigenvalue weighted by molar-refractivity contribution is 5.82. The van der Waals surface area contributed by atoms with E-state index in [2.05, 4.69) is 0 Å². The summed E-state index contributed by atoms with van der Waals surface area (Å²) in [6.45, 7) is 0. The van der Waals surface area contributed by atoms with Gasteiger partial charge >= 0.3 is 5.97 Å². The molecule has 90 valence electrons. The molecule has 0 fully saturated rings. The summed E-state index contributed by atoms with van der Waals surface area (Å²) in [5.41, 5.74) is 1.55. The molecule has 0 aliphatic rings. The summed E-state index contributed by atoms with van der Waals surface area (Å²) in [4.78, 5) is 22.6. The predicted octanol–water partition coefficient (Wildman–Crippen LogP) is 0.894. The van der Waals surface area contributed by atoms with Crippen molar-refractivity contribution < 1.29 is 9.90 Å². The van der Waals surface area contributed by atoms with Crippen LogP contribution in [0.25, 0.3) is 10.9 Å². The van der Waals surface area contributed by atoms with Crippen molar-refractivity contribution in [1.29, 1.82) is 0 Å². The second-order valence-electron chi connectivity index (χ2n) is 4.06. The Morgan fingerprint density at radius 2 is 2.00 bits per heavy atom. The molecule has 0 aliphatic carbocycles. The fraction of sp³-hybridized carbons (Fsp3) is 0.333. The van der Waals surface area contributed by atoms with Crippen molar-refractivity contribution in [3.8, 4) is 0 Å². The van der Waals surface area contributed by atoms with E-state index in [1.165, 1.54) is 4.68 Å². The number of hydrogen-bond donors (Lipinski definition) is 1. The zero-order valence-corrected chi connectivity index (χ0v) is 9.80. The Balaban J connectivity index is 2.61. The third-order valence-electron chi connectivity index (χ3n) is 3.04. The third kappa shape index (κ3) is 1.84. The van der Waals surface area contributed by atoms with Crippen LogP contribution in [0.4, 0.5) is 0 Å². The average Bonchev–Trinajstić information content (AvgIpc) is 2.52. The highest BCUT2D eigenvalue weighted by Gasteiger charge is 2.12. The van der Waals surface area contributed by atoms with E-state index in [4.69, 9.17) is 5.11 Å². The Bertz CT molecular complexity index is 637. The molecule has 1 N–H and O–H groups in total. The van der Waals surface area contributed by atoms with Gasteiger partial charge in [0.1, 0.15) is 0 Å². The number of benzene rings is 1. The predicted molar refractivity (Wildman–Crippen MR) is 64.1 cm³/mol. The molecule has 2 aromatic rings. The van der Waals surface area contributed by atoms with Gasteiger partial charge < -0.3 is 5.11 Å². The second-order valence-corrected chi connectivity index (χ2v) is 4.06. The van der Waals surface area contributed by atoms with E-state index in [0.29, 0.717) is 11.8 Å². The molecule has 0 saturated carbocycles. The number of nitrogens with zero attached hydrogens (tertiary/aromatic N) is 2. The molecule has 2 rings (SSSR count). The largest absolute Gasteiger partial charge is 0.481 e. The molecular formula is C12H14N2O3. The molecule has 1 aromatic heterocycles. The highest BCUT2D eigenvalue weighted by Crippen LogP contribution is 2.16. The molecule has 0 saturated heterocycles. The van der Waals surface area contributed by atoms with Crippen LogP contribution in [0, 0.1) is 0 Å². The second kappa shape index (κ2) is 4.08. The Labute approximate surface area is 97.9 Å². The van der Waals surface area contributed by atoms with Crippen LogP contribution < -0.4 is 5.56 Å². The van der Waals surface area contributed by atoms with E-state index in [1.54, 1.807) is 11.7 Å². The van der Waals surface area contributed by atoms with Crippen LogP contribution in [-0.4, -0.2) is 20.4 Å². The number of carboxylic acid groups (broad SMARTS) is 1.